The lowest BCUT2D eigenvalue weighted by Gasteiger charge is -2.21. The molecule has 3 rings (SSSR count). The molecule has 2 aliphatic rings. The van der Waals surface area contributed by atoms with E-state index in [4.69, 9.17) is 4.98 Å². The fraction of sp³-hybridized carbons (Fsp3) is 0.812. The number of aromatic nitrogens is 1. The smallest absolute Gasteiger partial charge is 0.103 e. The number of nitrogens with zero attached hydrogens (tertiary/aromatic N) is 1. The molecule has 20 heavy (non-hydrogen) atoms. The minimum Gasteiger partial charge on any atom is -0.309 e. The lowest BCUT2D eigenvalue weighted by molar-refractivity contribution is 0.465. The zero-order valence-corrected chi connectivity index (χ0v) is 14.1. The molecule has 112 valence electrons. The van der Waals surface area contributed by atoms with Crippen LogP contribution in [0.2, 0.25) is 0 Å². The van der Waals surface area contributed by atoms with Crippen molar-refractivity contribution in [1.82, 2.24) is 10.3 Å². The number of rotatable bonds is 5. The van der Waals surface area contributed by atoms with E-state index in [1.165, 1.54) is 62.1 Å². The van der Waals surface area contributed by atoms with Crippen molar-refractivity contribution in [3.63, 3.8) is 0 Å². The molecule has 4 heteroatoms. The Morgan fingerprint density at radius 3 is 2.85 bits per heavy atom. The van der Waals surface area contributed by atoms with Crippen LogP contribution in [0, 0.1) is 0 Å². The van der Waals surface area contributed by atoms with E-state index in [0.717, 1.165) is 17.5 Å². The van der Waals surface area contributed by atoms with E-state index in [1.807, 2.05) is 11.3 Å². The summed E-state index contributed by atoms with van der Waals surface area (Å²) in [7, 11) is 0. The van der Waals surface area contributed by atoms with E-state index < -0.39 is 0 Å². The summed E-state index contributed by atoms with van der Waals surface area (Å²) in [5, 5.41) is 5.86. The Hall–Kier alpha value is -0.0600. The van der Waals surface area contributed by atoms with Gasteiger partial charge >= 0.3 is 0 Å². The Balaban J connectivity index is 1.60. The monoisotopic (exact) mass is 310 g/mol. The summed E-state index contributed by atoms with van der Waals surface area (Å²) in [6.45, 7) is 3.24. The lowest BCUT2D eigenvalue weighted by Crippen LogP contribution is -2.24. The highest BCUT2D eigenvalue weighted by Gasteiger charge is 2.24. The van der Waals surface area contributed by atoms with Crippen LogP contribution in [-0.4, -0.2) is 16.8 Å². The average Bonchev–Trinajstić information content (AvgIpc) is 2.91. The van der Waals surface area contributed by atoms with E-state index in [9.17, 15) is 0 Å². The van der Waals surface area contributed by atoms with Crippen LogP contribution in [0.4, 0.5) is 0 Å². The molecule has 0 spiro atoms. The predicted octanol–water partition coefficient (Wildman–Crippen LogP) is 4.70. The molecule has 0 radical (unpaired) electrons. The molecule has 0 bridgehead atoms. The molecule has 1 atom stereocenters. The van der Waals surface area contributed by atoms with Crippen LogP contribution in [0.1, 0.15) is 73.5 Å². The SMILES string of the molecule is CCNC1CCCc2sc(CSC3CCCCC3)nc21. The molecule has 1 saturated carbocycles. The molecule has 1 aromatic rings. The second kappa shape index (κ2) is 7.28. The third-order valence-electron chi connectivity index (χ3n) is 4.44. The summed E-state index contributed by atoms with van der Waals surface area (Å²) < 4.78 is 0. The maximum Gasteiger partial charge on any atom is 0.103 e. The van der Waals surface area contributed by atoms with Gasteiger partial charge in [-0.1, -0.05) is 26.2 Å². The molecule has 0 amide bonds. The molecule has 0 aliphatic heterocycles. The van der Waals surface area contributed by atoms with Crippen LogP contribution in [0.5, 0.6) is 0 Å². The molecular weight excluding hydrogens is 284 g/mol. The topological polar surface area (TPSA) is 24.9 Å². The molecular formula is C16H26N2S2. The number of thiazole rings is 1. The first-order chi connectivity index (χ1) is 9.86. The van der Waals surface area contributed by atoms with Crippen LogP contribution in [0.15, 0.2) is 0 Å². The van der Waals surface area contributed by atoms with Crippen LogP contribution in [0.25, 0.3) is 0 Å². The minimum atomic E-state index is 0.522. The van der Waals surface area contributed by atoms with Gasteiger partial charge in [-0.05, 0) is 38.6 Å². The van der Waals surface area contributed by atoms with Gasteiger partial charge in [0.05, 0.1) is 11.7 Å². The zero-order valence-electron chi connectivity index (χ0n) is 12.5. The van der Waals surface area contributed by atoms with E-state index >= 15 is 0 Å². The van der Waals surface area contributed by atoms with Crippen molar-refractivity contribution in [2.45, 2.75) is 75.3 Å². The number of hydrogen-bond acceptors (Lipinski definition) is 4. The highest BCUT2D eigenvalue weighted by atomic mass is 32.2. The Morgan fingerprint density at radius 1 is 1.20 bits per heavy atom. The number of nitrogens with one attached hydrogen (secondary N) is 1. The maximum atomic E-state index is 4.97. The molecule has 0 aromatic carbocycles. The fourth-order valence-electron chi connectivity index (χ4n) is 3.40. The predicted molar refractivity (Wildman–Crippen MR) is 89.6 cm³/mol. The van der Waals surface area contributed by atoms with Crippen molar-refractivity contribution in [2.75, 3.05) is 6.54 Å². The second-order valence-electron chi connectivity index (χ2n) is 5.99. The van der Waals surface area contributed by atoms with Gasteiger partial charge in [-0.15, -0.1) is 11.3 Å². The quantitative estimate of drug-likeness (QED) is 0.853. The number of thioether (sulfide) groups is 1. The van der Waals surface area contributed by atoms with E-state index in [2.05, 4.69) is 24.0 Å². The Labute approximate surface area is 131 Å². The first-order valence-electron chi connectivity index (χ1n) is 8.20. The molecule has 2 aliphatic carbocycles. The van der Waals surface area contributed by atoms with Gasteiger partial charge in [0, 0.05) is 15.9 Å². The van der Waals surface area contributed by atoms with Crippen LogP contribution in [-0.2, 0) is 12.2 Å². The normalized spacial score (nSPS) is 23.8. The summed E-state index contributed by atoms with van der Waals surface area (Å²) >= 11 is 4.14. The number of fused-ring (bicyclic) bond motifs is 1. The van der Waals surface area contributed by atoms with Gasteiger partial charge in [0.1, 0.15) is 5.01 Å². The summed E-state index contributed by atoms with van der Waals surface area (Å²) in [4.78, 5) is 6.53. The molecule has 2 nitrogen and oxygen atoms in total. The summed E-state index contributed by atoms with van der Waals surface area (Å²) in [6, 6.07) is 0.522. The van der Waals surface area contributed by atoms with Crippen LogP contribution in [0.3, 0.4) is 0 Å². The lowest BCUT2D eigenvalue weighted by atomic mass is 9.98. The van der Waals surface area contributed by atoms with Crippen molar-refractivity contribution < 1.29 is 0 Å². The Kier molecular flexibility index (Phi) is 5.41. The molecule has 1 unspecified atom stereocenters. The Morgan fingerprint density at radius 2 is 2.05 bits per heavy atom. The number of aryl methyl sites for hydroxylation is 1. The number of hydrogen-bond donors (Lipinski definition) is 1. The Bertz CT molecular complexity index is 424. The van der Waals surface area contributed by atoms with Crippen molar-refractivity contribution in [3.8, 4) is 0 Å². The first kappa shape index (κ1) is 14.9. The fourth-order valence-corrected chi connectivity index (χ4v) is 5.91. The summed E-state index contributed by atoms with van der Waals surface area (Å²) in [6.07, 6.45) is 11.0. The van der Waals surface area contributed by atoms with E-state index in [-0.39, 0.29) is 0 Å². The third-order valence-corrected chi connectivity index (χ3v) is 7.14. The summed E-state index contributed by atoms with van der Waals surface area (Å²) in [5.41, 5.74) is 1.38. The standard InChI is InChI=1S/C16H26N2S2/c1-2-17-13-9-6-10-14-16(13)18-15(20-14)11-19-12-7-4-3-5-8-12/h12-13,17H,2-11H2,1H3. The van der Waals surface area contributed by atoms with Gasteiger partial charge in [-0.2, -0.15) is 11.8 Å². The molecule has 1 fully saturated rings. The molecule has 1 N–H and O–H groups in total. The largest absolute Gasteiger partial charge is 0.309 e. The van der Waals surface area contributed by atoms with Crippen molar-refractivity contribution >= 4 is 23.1 Å². The zero-order chi connectivity index (χ0) is 13.8. The maximum absolute atomic E-state index is 4.97. The first-order valence-corrected chi connectivity index (χ1v) is 10.1. The minimum absolute atomic E-state index is 0.522. The molecule has 0 saturated heterocycles. The van der Waals surface area contributed by atoms with Crippen molar-refractivity contribution in [2.24, 2.45) is 0 Å². The highest BCUT2D eigenvalue weighted by Crippen LogP contribution is 2.36. The van der Waals surface area contributed by atoms with Gasteiger partial charge in [0.25, 0.3) is 0 Å². The van der Waals surface area contributed by atoms with Gasteiger partial charge < -0.3 is 5.32 Å². The van der Waals surface area contributed by atoms with Gasteiger partial charge in [-0.25, -0.2) is 4.98 Å². The van der Waals surface area contributed by atoms with Crippen LogP contribution < -0.4 is 5.32 Å². The summed E-state index contributed by atoms with van der Waals surface area (Å²) in [5.74, 6) is 1.14. The van der Waals surface area contributed by atoms with Crippen molar-refractivity contribution in [3.05, 3.63) is 15.6 Å². The highest BCUT2D eigenvalue weighted by molar-refractivity contribution is 7.99. The average molecular weight is 311 g/mol. The van der Waals surface area contributed by atoms with Crippen molar-refractivity contribution in [1.29, 1.82) is 0 Å². The molecule has 1 heterocycles. The van der Waals surface area contributed by atoms with E-state index in [0.29, 0.717) is 6.04 Å². The van der Waals surface area contributed by atoms with Crippen LogP contribution >= 0.6 is 23.1 Å². The third kappa shape index (κ3) is 3.58. The second-order valence-corrected chi connectivity index (χ2v) is 8.45. The van der Waals surface area contributed by atoms with E-state index in [1.54, 1.807) is 4.88 Å². The van der Waals surface area contributed by atoms with Gasteiger partial charge in [0.2, 0.25) is 0 Å². The van der Waals surface area contributed by atoms with Gasteiger partial charge in [-0.3, -0.25) is 0 Å². The van der Waals surface area contributed by atoms with Gasteiger partial charge in [0.15, 0.2) is 0 Å². The molecule has 1 aromatic heterocycles.